The van der Waals surface area contributed by atoms with Crippen molar-refractivity contribution < 1.29 is 29.3 Å². The number of rotatable bonds is 10. The first-order valence-corrected chi connectivity index (χ1v) is 7.31. The van der Waals surface area contributed by atoms with Crippen molar-refractivity contribution in [3.8, 4) is 0 Å². The molecule has 2 N–H and O–H groups in total. The standard InChI is InChI=1S/C16H26O6/c1-6-7-8-9-10-13(21-14(17)11(2)3)16(19,20)22-15(18)12(4)5/h13,19-20H,2,4,6-10H2,1,3,5H3. The van der Waals surface area contributed by atoms with E-state index in [1.165, 1.54) is 13.8 Å². The van der Waals surface area contributed by atoms with Crippen LogP contribution in [0.1, 0.15) is 52.9 Å². The number of esters is 2. The molecule has 22 heavy (non-hydrogen) atoms. The van der Waals surface area contributed by atoms with E-state index in [0.29, 0.717) is 6.42 Å². The van der Waals surface area contributed by atoms with Gasteiger partial charge in [0.25, 0.3) is 0 Å². The first kappa shape index (κ1) is 20.3. The SMILES string of the molecule is C=C(C)C(=O)OC(CCCCCC)C(O)(O)OC(=O)C(=C)C. The summed E-state index contributed by atoms with van der Waals surface area (Å²) in [5.41, 5.74) is 0.115. The zero-order valence-corrected chi connectivity index (χ0v) is 13.6. The minimum atomic E-state index is -2.91. The minimum absolute atomic E-state index is 0.00318. The lowest BCUT2D eigenvalue weighted by molar-refractivity contribution is -0.358. The van der Waals surface area contributed by atoms with Crippen molar-refractivity contribution in [3.63, 3.8) is 0 Å². The highest BCUT2D eigenvalue weighted by Crippen LogP contribution is 2.21. The average molecular weight is 314 g/mol. The predicted molar refractivity (Wildman–Crippen MR) is 81.5 cm³/mol. The Kier molecular flexibility index (Phi) is 8.67. The second-order valence-corrected chi connectivity index (χ2v) is 5.35. The van der Waals surface area contributed by atoms with Crippen molar-refractivity contribution in [3.05, 3.63) is 24.3 Å². The second kappa shape index (κ2) is 9.38. The van der Waals surface area contributed by atoms with Gasteiger partial charge in [0.2, 0.25) is 0 Å². The summed E-state index contributed by atoms with van der Waals surface area (Å²) in [5.74, 6) is -4.66. The van der Waals surface area contributed by atoms with Crippen LogP contribution in [0.3, 0.4) is 0 Å². The maximum absolute atomic E-state index is 11.6. The summed E-state index contributed by atoms with van der Waals surface area (Å²) in [5, 5.41) is 19.9. The first-order valence-electron chi connectivity index (χ1n) is 7.31. The van der Waals surface area contributed by atoms with E-state index in [-0.39, 0.29) is 17.6 Å². The van der Waals surface area contributed by atoms with Gasteiger partial charge >= 0.3 is 17.9 Å². The number of ether oxygens (including phenoxy) is 2. The van der Waals surface area contributed by atoms with E-state index in [9.17, 15) is 19.8 Å². The van der Waals surface area contributed by atoms with Crippen LogP contribution in [0.4, 0.5) is 0 Å². The van der Waals surface area contributed by atoms with Gasteiger partial charge in [-0.25, -0.2) is 9.59 Å². The lowest BCUT2D eigenvalue weighted by atomic mass is 10.1. The summed E-state index contributed by atoms with van der Waals surface area (Å²) in [6, 6.07) is 0. The highest BCUT2D eigenvalue weighted by Gasteiger charge is 2.42. The van der Waals surface area contributed by atoms with E-state index in [2.05, 4.69) is 17.9 Å². The van der Waals surface area contributed by atoms with Crippen LogP contribution >= 0.6 is 0 Å². The third kappa shape index (κ3) is 7.38. The molecule has 6 heteroatoms. The van der Waals surface area contributed by atoms with Crippen LogP contribution in [0, 0.1) is 0 Å². The summed E-state index contributed by atoms with van der Waals surface area (Å²) in [7, 11) is 0. The van der Waals surface area contributed by atoms with E-state index in [1.54, 1.807) is 0 Å². The first-order chi connectivity index (χ1) is 10.1. The van der Waals surface area contributed by atoms with Crippen LogP contribution in [0.25, 0.3) is 0 Å². The quantitative estimate of drug-likeness (QED) is 0.278. The number of aliphatic hydroxyl groups is 2. The molecular weight excluding hydrogens is 288 g/mol. The van der Waals surface area contributed by atoms with E-state index in [1.807, 2.05) is 6.92 Å². The van der Waals surface area contributed by atoms with Gasteiger partial charge in [0.05, 0.1) is 0 Å². The van der Waals surface area contributed by atoms with Crippen LogP contribution < -0.4 is 0 Å². The monoisotopic (exact) mass is 314 g/mol. The Morgan fingerprint density at radius 1 is 1.05 bits per heavy atom. The van der Waals surface area contributed by atoms with Crippen LogP contribution in [0.15, 0.2) is 24.3 Å². The van der Waals surface area contributed by atoms with E-state index in [4.69, 9.17) is 4.74 Å². The maximum Gasteiger partial charge on any atom is 0.363 e. The number of carbonyl (C=O) groups excluding carboxylic acids is 2. The number of hydrogen-bond acceptors (Lipinski definition) is 6. The van der Waals surface area contributed by atoms with E-state index in [0.717, 1.165) is 19.3 Å². The molecule has 6 nitrogen and oxygen atoms in total. The van der Waals surface area contributed by atoms with E-state index < -0.39 is 24.0 Å². The van der Waals surface area contributed by atoms with Crippen molar-refractivity contribution in [2.75, 3.05) is 0 Å². The van der Waals surface area contributed by atoms with Gasteiger partial charge in [-0.1, -0.05) is 39.3 Å². The molecule has 0 saturated heterocycles. The Labute approximate surface area is 131 Å². The molecule has 0 fully saturated rings. The van der Waals surface area contributed by atoms with Crippen molar-refractivity contribution in [2.24, 2.45) is 0 Å². The molecule has 126 valence electrons. The molecule has 0 spiro atoms. The molecule has 0 aromatic rings. The molecule has 0 aliphatic carbocycles. The smallest absolute Gasteiger partial charge is 0.363 e. The topological polar surface area (TPSA) is 93.1 Å². The van der Waals surface area contributed by atoms with Crippen LogP contribution in [0.2, 0.25) is 0 Å². The third-order valence-corrected chi connectivity index (χ3v) is 2.93. The van der Waals surface area contributed by atoms with E-state index >= 15 is 0 Å². The molecule has 1 atom stereocenters. The molecule has 0 aromatic heterocycles. The fourth-order valence-corrected chi connectivity index (χ4v) is 1.60. The van der Waals surface area contributed by atoms with Crippen molar-refractivity contribution in [2.45, 2.75) is 65.0 Å². The highest BCUT2D eigenvalue weighted by atomic mass is 16.8. The summed E-state index contributed by atoms with van der Waals surface area (Å²) >= 11 is 0. The largest absolute Gasteiger partial charge is 0.449 e. The number of unbranched alkanes of at least 4 members (excludes halogenated alkanes) is 3. The Morgan fingerprint density at radius 3 is 2.05 bits per heavy atom. The lowest BCUT2D eigenvalue weighted by Gasteiger charge is -2.30. The van der Waals surface area contributed by atoms with Crippen LogP contribution in [-0.2, 0) is 19.1 Å². The van der Waals surface area contributed by atoms with Crippen LogP contribution in [0.5, 0.6) is 0 Å². The molecule has 0 aliphatic heterocycles. The van der Waals surface area contributed by atoms with Crippen molar-refractivity contribution in [1.29, 1.82) is 0 Å². The minimum Gasteiger partial charge on any atom is -0.449 e. The van der Waals surface area contributed by atoms with Gasteiger partial charge in [0.1, 0.15) is 0 Å². The molecule has 1 unspecified atom stereocenters. The van der Waals surface area contributed by atoms with Gasteiger partial charge in [0.15, 0.2) is 6.10 Å². The normalized spacial score (nSPS) is 12.4. The molecule has 0 aromatic carbocycles. The number of hydrogen-bond donors (Lipinski definition) is 2. The maximum atomic E-state index is 11.6. The summed E-state index contributed by atoms with van der Waals surface area (Å²) < 4.78 is 9.56. The summed E-state index contributed by atoms with van der Waals surface area (Å²) in [6.07, 6.45) is 2.16. The van der Waals surface area contributed by atoms with Gasteiger partial charge in [0, 0.05) is 11.1 Å². The van der Waals surface area contributed by atoms with Gasteiger partial charge in [-0.3, -0.25) is 0 Å². The number of carbonyl (C=O) groups is 2. The lowest BCUT2D eigenvalue weighted by Crippen LogP contribution is -2.48. The average Bonchev–Trinajstić information content (AvgIpc) is 2.40. The van der Waals surface area contributed by atoms with Gasteiger partial charge in [-0.05, 0) is 26.7 Å². The molecule has 0 bridgehead atoms. The second-order valence-electron chi connectivity index (χ2n) is 5.35. The zero-order chi connectivity index (χ0) is 17.3. The Hall–Kier alpha value is -1.66. The van der Waals surface area contributed by atoms with Crippen molar-refractivity contribution >= 4 is 11.9 Å². The predicted octanol–water partition coefficient (Wildman–Crippen LogP) is 2.20. The van der Waals surface area contributed by atoms with Crippen LogP contribution in [-0.4, -0.2) is 34.2 Å². The Morgan fingerprint density at radius 2 is 1.59 bits per heavy atom. The molecular formula is C16H26O6. The molecule has 0 saturated carbocycles. The zero-order valence-electron chi connectivity index (χ0n) is 13.6. The third-order valence-electron chi connectivity index (χ3n) is 2.93. The molecule has 0 amide bonds. The molecule has 0 heterocycles. The molecule has 0 radical (unpaired) electrons. The molecule has 0 aliphatic rings. The van der Waals surface area contributed by atoms with Crippen molar-refractivity contribution in [1.82, 2.24) is 0 Å². The van der Waals surface area contributed by atoms with Gasteiger partial charge < -0.3 is 19.7 Å². The Bertz CT molecular complexity index is 424. The fraction of sp³-hybridized carbons (Fsp3) is 0.625. The summed E-state index contributed by atoms with van der Waals surface area (Å²) in [4.78, 5) is 23.1. The molecule has 0 rings (SSSR count). The van der Waals surface area contributed by atoms with Gasteiger partial charge in [-0.15, -0.1) is 0 Å². The van der Waals surface area contributed by atoms with Gasteiger partial charge in [-0.2, -0.15) is 0 Å². The summed E-state index contributed by atoms with van der Waals surface area (Å²) in [6.45, 7) is 11.6. The fourth-order valence-electron chi connectivity index (χ4n) is 1.60. The highest BCUT2D eigenvalue weighted by molar-refractivity contribution is 5.88. The Balaban J connectivity index is 4.92.